The predicted octanol–water partition coefficient (Wildman–Crippen LogP) is 3.49. The molecule has 2 aromatic rings. The summed E-state index contributed by atoms with van der Waals surface area (Å²) in [7, 11) is 0. The Morgan fingerprint density at radius 3 is 2.85 bits per heavy atom. The first-order chi connectivity index (χ1) is 9.65. The molecule has 20 heavy (non-hydrogen) atoms. The lowest BCUT2D eigenvalue weighted by atomic mass is 9.94. The van der Waals surface area contributed by atoms with E-state index in [1.54, 1.807) is 17.4 Å². The van der Waals surface area contributed by atoms with Crippen molar-refractivity contribution in [1.82, 2.24) is 0 Å². The van der Waals surface area contributed by atoms with Gasteiger partial charge in [-0.05, 0) is 35.6 Å². The highest BCUT2D eigenvalue weighted by molar-refractivity contribution is 7.10. The van der Waals surface area contributed by atoms with Crippen molar-refractivity contribution in [2.45, 2.75) is 32.1 Å². The van der Waals surface area contributed by atoms with Gasteiger partial charge in [0.1, 0.15) is 11.5 Å². The highest BCUT2D eigenvalue weighted by Crippen LogP contribution is 2.29. The van der Waals surface area contributed by atoms with E-state index in [2.05, 4.69) is 5.92 Å². The lowest BCUT2D eigenvalue weighted by molar-refractivity contribution is -0.138. The molecule has 0 radical (unpaired) electrons. The number of carbonyl (C=O) groups is 1. The highest BCUT2D eigenvalue weighted by Gasteiger charge is 2.24. The molecule has 0 aromatic carbocycles. The van der Waals surface area contributed by atoms with Gasteiger partial charge in [0.25, 0.3) is 0 Å². The van der Waals surface area contributed by atoms with Crippen LogP contribution in [-0.2, 0) is 24.1 Å². The van der Waals surface area contributed by atoms with Gasteiger partial charge >= 0.3 is 5.97 Å². The van der Waals surface area contributed by atoms with Crippen LogP contribution in [0.15, 0.2) is 28.0 Å². The van der Waals surface area contributed by atoms with Crippen LogP contribution in [0.25, 0.3) is 0 Å². The fourth-order valence-corrected chi connectivity index (χ4v) is 3.10. The molecular weight excluding hydrogens is 272 g/mol. The number of thiophene rings is 1. The number of aliphatic carboxylic acids is 1. The minimum atomic E-state index is -0.826. The largest absolute Gasteiger partial charge is 0.481 e. The number of furan rings is 1. The van der Waals surface area contributed by atoms with Gasteiger partial charge in [0.2, 0.25) is 0 Å². The number of carboxylic acid groups (broad SMARTS) is 1. The molecule has 0 aliphatic heterocycles. The van der Waals surface area contributed by atoms with Crippen LogP contribution in [-0.4, -0.2) is 11.1 Å². The number of terminal acetylenes is 1. The third-order valence-corrected chi connectivity index (χ3v) is 4.25. The standard InChI is InChI=1S/C16H16O3S/c1-3-5-11-6-7-12(19-11)10-14(16(17)18)13-8-9-20-15(13)4-2/h1,6-9,14H,4-5,10H2,2H3,(H,17,18). The van der Waals surface area contributed by atoms with E-state index in [0.29, 0.717) is 24.4 Å². The second kappa shape index (κ2) is 6.44. The van der Waals surface area contributed by atoms with E-state index in [-0.39, 0.29) is 0 Å². The first kappa shape index (κ1) is 14.4. The summed E-state index contributed by atoms with van der Waals surface area (Å²) in [5.74, 6) is 2.48. The summed E-state index contributed by atoms with van der Waals surface area (Å²) >= 11 is 1.60. The Bertz CT molecular complexity index is 630. The molecule has 1 atom stereocenters. The number of hydrogen-bond acceptors (Lipinski definition) is 3. The number of hydrogen-bond donors (Lipinski definition) is 1. The van der Waals surface area contributed by atoms with Crippen molar-refractivity contribution in [2.75, 3.05) is 0 Å². The quantitative estimate of drug-likeness (QED) is 0.828. The van der Waals surface area contributed by atoms with Gasteiger partial charge < -0.3 is 9.52 Å². The Balaban J connectivity index is 2.22. The summed E-state index contributed by atoms with van der Waals surface area (Å²) in [5, 5.41) is 11.4. The molecule has 1 N–H and O–H groups in total. The zero-order valence-electron chi connectivity index (χ0n) is 11.3. The van der Waals surface area contributed by atoms with Gasteiger partial charge in [-0.2, -0.15) is 0 Å². The predicted molar refractivity (Wildman–Crippen MR) is 79.0 cm³/mol. The summed E-state index contributed by atoms with van der Waals surface area (Å²) in [6.07, 6.45) is 6.85. The second-order valence-electron chi connectivity index (χ2n) is 4.50. The minimum absolute atomic E-state index is 0.351. The number of rotatable bonds is 6. The van der Waals surface area contributed by atoms with Crippen molar-refractivity contribution < 1.29 is 14.3 Å². The van der Waals surface area contributed by atoms with E-state index >= 15 is 0 Å². The monoisotopic (exact) mass is 288 g/mol. The molecule has 2 heterocycles. The summed E-state index contributed by atoms with van der Waals surface area (Å²) in [4.78, 5) is 12.7. The topological polar surface area (TPSA) is 50.4 Å². The average Bonchev–Trinajstić information content (AvgIpc) is 3.04. The van der Waals surface area contributed by atoms with Crippen LogP contribution in [0.2, 0.25) is 0 Å². The molecule has 0 spiro atoms. The Morgan fingerprint density at radius 1 is 1.45 bits per heavy atom. The number of carboxylic acids is 1. The lowest BCUT2D eigenvalue weighted by Gasteiger charge is -2.11. The van der Waals surface area contributed by atoms with E-state index in [0.717, 1.165) is 16.9 Å². The normalized spacial score (nSPS) is 12.0. The van der Waals surface area contributed by atoms with Gasteiger partial charge in [0.05, 0.1) is 12.3 Å². The Morgan fingerprint density at radius 2 is 2.20 bits per heavy atom. The first-order valence-electron chi connectivity index (χ1n) is 6.45. The summed E-state index contributed by atoms with van der Waals surface area (Å²) < 4.78 is 5.57. The third-order valence-electron chi connectivity index (χ3n) is 3.17. The molecular formula is C16H16O3S. The van der Waals surface area contributed by atoms with E-state index in [4.69, 9.17) is 10.8 Å². The van der Waals surface area contributed by atoms with Crippen molar-refractivity contribution in [3.63, 3.8) is 0 Å². The van der Waals surface area contributed by atoms with Crippen LogP contribution < -0.4 is 0 Å². The smallest absolute Gasteiger partial charge is 0.311 e. The average molecular weight is 288 g/mol. The van der Waals surface area contributed by atoms with E-state index in [1.165, 1.54) is 0 Å². The first-order valence-corrected chi connectivity index (χ1v) is 7.33. The summed E-state index contributed by atoms with van der Waals surface area (Å²) in [5.41, 5.74) is 0.889. The van der Waals surface area contributed by atoms with Gasteiger partial charge in [-0.25, -0.2) is 0 Å². The van der Waals surface area contributed by atoms with Crippen LogP contribution in [0.1, 0.15) is 34.8 Å². The van der Waals surface area contributed by atoms with Gasteiger partial charge in [0, 0.05) is 11.3 Å². The molecule has 0 saturated heterocycles. The Kier molecular flexibility index (Phi) is 4.65. The van der Waals surface area contributed by atoms with Crippen molar-refractivity contribution in [3.05, 3.63) is 45.5 Å². The van der Waals surface area contributed by atoms with E-state index < -0.39 is 11.9 Å². The van der Waals surface area contributed by atoms with Crippen LogP contribution in [0.5, 0.6) is 0 Å². The molecule has 2 rings (SSSR count). The van der Waals surface area contributed by atoms with Gasteiger partial charge in [0.15, 0.2) is 0 Å². The zero-order valence-corrected chi connectivity index (χ0v) is 12.1. The molecule has 0 amide bonds. The maximum atomic E-state index is 11.5. The molecule has 0 bridgehead atoms. The molecule has 104 valence electrons. The van der Waals surface area contributed by atoms with Crippen LogP contribution >= 0.6 is 11.3 Å². The Labute approximate surface area is 122 Å². The van der Waals surface area contributed by atoms with Crippen molar-refractivity contribution in [1.29, 1.82) is 0 Å². The third kappa shape index (κ3) is 3.12. The zero-order chi connectivity index (χ0) is 14.5. The van der Waals surface area contributed by atoms with Crippen LogP contribution in [0.3, 0.4) is 0 Å². The SMILES string of the molecule is C#CCc1ccc(CC(C(=O)O)c2ccsc2CC)o1. The van der Waals surface area contributed by atoms with E-state index in [1.807, 2.05) is 24.4 Å². The molecule has 0 aliphatic carbocycles. The molecule has 4 heteroatoms. The van der Waals surface area contributed by atoms with Gasteiger partial charge in [-0.15, -0.1) is 17.8 Å². The fourth-order valence-electron chi connectivity index (χ4n) is 2.21. The molecule has 0 fully saturated rings. The van der Waals surface area contributed by atoms with Crippen LogP contribution in [0.4, 0.5) is 0 Å². The number of aryl methyl sites for hydroxylation is 1. The second-order valence-corrected chi connectivity index (χ2v) is 5.50. The fraction of sp³-hybridized carbons (Fsp3) is 0.312. The lowest BCUT2D eigenvalue weighted by Crippen LogP contribution is -2.14. The summed E-state index contributed by atoms with van der Waals surface area (Å²) in [6.45, 7) is 2.03. The van der Waals surface area contributed by atoms with Crippen LogP contribution in [0, 0.1) is 12.3 Å². The molecule has 3 nitrogen and oxygen atoms in total. The molecule has 0 saturated carbocycles. The Hall–Kier alpha value is -1.99. The van der Waals surface area contributed by atoms with Crippen molar-refractivity contribution in [3.8, 4) is 12.3 Å². The van der Waals surface area contributed by atoms with Gasteiger partial charge in [-0.3, -0.25) is 4.79 Å². The van der Waals surface area contributed by atoms with Crippen molar-refractivity contribution in [2.24, 2.45) is 0 Å². The van der Waals surface area contributed by atoms with E-state index in [9.17, 15) is 9.90 Å². The molecule has 0 aliphatic rings. The highest BCUT2D eigenvalue weighted by atomic mass is 32.1. The minimum Gasteiger partial charge on any atom is -0.481 e. The van der Waals surface area contributed by atoms with Crippen molar-refractivity contribution >= 4 is 17.3 Å². The maximum Gasteiger partial charge on any atom is 0.311 e. The molecule has 1 unspecified atom stereocenters. The molecule has 2 aromatic heterocycles. The van der Waals surface area contributed by atoms with Gasteiger partial charge in [-0.1, -0.05) is 12.8 Å². The summed E-state index contributed by atoms with van der Waals surface area (Å²) in [6, 6.07) is 5.51. The maximum absolute atomic E-state index is 11.5.